The summed E-state index contributed by atoms with van der Waals surface area (Å²) in [6, 6.07) is 6.65. The van der Waals surface area contributed by atoms with Gasteiger partial charge >= 0.3 is 6.01 Å². The number of piperazine rings is 1. The highest BCUT2D eigenvalue weighted by Gasteiger charge is 2.34. The van der Waals surface area contributed by atoms with E-state index in [0.717, 1.165) is 50.8 Å². The number of aryl methyl sites for hydroxylation is 1. The maximum Gasteiger partial charge on any atom is 0.319 e. The van der Waals surface area contributed by atoms with Crippen LogP contribution in [0, 0.1) is 5.82 Å². The summed E-state index contributed by atoms with van der Waals surface area (Å²) in [4.78, 5) is 18.5. The van der Waals surface area contributed by atoms with Gasteiger partial charge in [-0.05, 0) is 57.5 Å². The summed E-state index contributed by atoms with van der Waals surface area (Å²) in [7, 11) is 3.99. The Kier molecular flexibility index (Phi) is 6.02. The molecule has 3 N–H and O–H groups in total. The molecule has 3 aliphatic rings. The Hall–Kier alpha value is -3.21. The lowest BCUT2D eigenvalue weighted by atomic mass is 10.0. The average Bonchev–Trinajstić information content (AvgIpc) is 3.58. The summed E-state index contributed by atoms with van der Waals surface area (Å²) in [5, 5.41) is 4.52. The first-order valence-electron chi connectivity index (χ1n) is 13.6. The van der Waals surface area contributed by atoms with Crippen molar-refractivity contribution in [2.24, 2.45) is 7.05 Å². The van der Waals surface area contributed by atoms with Crippen molar-refractivity contribution in [3.05, 3.63) is 35.2 Å². The number of hydrogen-bond acceptors (Lipinski definition) is 8. The maximum atomic E-state index is 16.6. The second kappa shape index (κ2) is 9.46. The molecule has 9 nitrogen and oxygen atoms in total. The fourth-order valence-electron chi connectivity index (χ4n) is 6.50. The van der Waals surface area contributed by atoms with Gasteiger partial charge in [-0.2, -0.15) is 9.97 Å². The van der Waals surface area contributed by atoms with Crippen LogP contribution in [0.5, 0.6) is 6.01 Å². The van der Waals surface area contributed by atoms with E-state index in [4.69, 9.17) is 27.1 Å². The number of aromatic nitrogens is 4. The summed E-state index contributed by atoms with van der Waals surface area (Å²) in [5.74, 6) is 0.511. The summed E-state index contributed by atoms with van der Waals surface area (Å²) in [5.41, 5.74) is 8.43. The normalized spacial score (nSPS) is 23.4. The second-order valence-corrected chi connectivity index (χ2v) is 11.6. The molecule has 3 saturated heterocycles. The van der Waals surface area contributed by atoms with E-state index < -0.39 is 5.82 Å². The predicted molar refractivity (Wildman–Crippen MR) is 152 cm³/mol. The van der Waals surface area contributed by atoms with Gasteiger partial charge in [0.1, 0.15) is 23.8 Å². The first-order chi connectivity index (χ1) is 18.9. The predicted octanol–water partition coefficient (Wildman–Crippen LogP) is 3.97. The van der Waals surface area contributed by atoms with Crippen LogP contribution in [0.4, 0.5) is 16.0 Å². The molecule has 6 heterocycles. The molecule has 1 aromatic carbocycles. The largest absolute Gasteiger partial charge is 0.462 e. The van der Waals surface area contributed by atoms with E-state index in [9.17, 15) is 0 Å². The van der Waals surface area contributed by atoms with Gasteiger partial charge in [0.05, 0.1) is 16.1 Å². The SMILES string of the molecule is CN1CCC[C@H]1COc1nc(N2CC3CCC(C2)N3)c2cc(Cl)c(-c3cn(C)c4ccc(N)nc34)c(F)c2n1. The Balaban J connectivity index is 1.38. The first kappa shape index (κ1) is 24.8. The number of hydrogen-bond donors (Lipinski definition) is 2. The Morgan fingerprint density at radius 1 is 1.10 bits per heavy atom. The van der Waals surface area contributed by atoms with Crippen molar-refractivity contribution in [2.45, 2.75) is 43.8 Å². The van der Waals surface area contributed by atoms with Gasteiger partial charge in [0.25, 0.3) is 0 Å². The highest BCUT2D eigenvalue weighted by molar-refractivity contribution is 6.35. The number of nitrogens with two attached hydrogens (primary N) is 1. The van der Waals surface area contributed by atoms with Crippen LogP contribution in [0.3, 0.4) is 0 Å². The maximum absolute atomic E-state index is 16.6. The number of halogens is 2. The van der Waals surface area contributed by atoms with Crippen molar-refractivity contribution in [2.75, 3.05) is 43.9 Å². The van der Waals surface area contributed by atoms with E-state index in [1.54, 1.807) is 12.1 Å². The van der Waals surface area contributed by atoms with Crippen molar-refractivity contribution in [3.63, 3.8) is 0 Å². The topological polar surface area (TPSA) is 97.4 Å². The van der Waals surface area contributed by atoms with E-state index in [0.29, 0.717) is 52.8 Å². The number of likely N-dealkylation sites (N-methyl/N-ethyl adjacent to an activating group) is 1. The minimum atomic E-state index is -0.515. The first-order valence-corrected chi connectivity index (χ1v) is 14.0. The van der Waals surface area contributed by atoms with E-state index in [1.165, 1.54) is 0 Å². The number of anilines is 2. The Morgan fingerprint density at radius 2 is 1.90 bits per heavy atom. The molecular weight excluding hydrogens is 519 g/mol. The molecule has 39 heavy (non-hydrogen) atoms. The van der Waals surface area contributed by atoms with Crippen LogP contribution in [0.1, 0.15) is 25.7 Å². The van der Waals surface area contributed by atoms with Gasteiger partial charge in [0.2, 0.25) is 0 Å². The molecule has 7 rings (SSSR count). The number of rotatable bonds is 5. The number of likely N-dealkylation sites (tertiary alicyclic amines) is 1. The lowest BCUT2D eigenvalue weighted by molar-refractivity contribution is 0.188. The van der Waals surface area contributed by atoms with Gasteiger partial charge in [-0.1, -0.05) is 11.6 Å². The van der Waals surface area contributed by atoms with Crippen LogP contribution in [0.15, 0.2) is 24.4 Å². The van der Waals surface area contributed by atoms with Crippen molar-refractivity contribution < 1.29 is 9.13 Å². The second-order valence-electron chi connectivity index (χ2n) is 11.2. The van der Waals surface area contributed by atoms with Crippen molar-refractivity contribution >= 4 is 45.2 Å². The molecule has 3 aromatic heterocycles. The van der Waals surface area contributed by atoms with Crippen LogP contribution in [-0.2, 0) is 7.05 Å². The summed E-state index contributed by atoms with van der Waals surface area (Å²) < 4.78 is 24.7. The lowest BCUT2D eigenvalue weighted by Gasteiger charge is -2.34. The zero-order valence-corrected chi connectivity index (χ0v) is 22.9. The molecule has 4 aromatic rings. The van der Waals surface area contributed by atoms with E-state index in [2.05, 4.69) is 32.1 Å². The molecule has 3 fully saturated rings. The molecule has 11 heteroatoms. The van der Waals surface area contributed by atoms with Gasteiger partial charge in [-0.25, -0.2) is 9.37 Å². The van der Waals surface area contributed by atoms with Crippen LogP contribution in [-0.4, -0.2) is 75.8 Å². The molecule has 0 amide bonds. The number of pyridine rings is 1. The van der Waals surface area contributed by atoms with Gasteiger partial charge in [0, 0.05) is 61.0 Å². The molecule has 3 aliphatic heterocycles. The summed E-state index contributed by atoms with van der Waals surface area (Å²) in [6.07, 6.45) is 6.27. The molecule has 3 atom stereocenters. The molecule has 2 bridgehead atoms. The monoisotopic (exact) mass is 550 g/mol. The Labute approximate surface area is 231 Å². The van der Waals surface area contributed by atoms with Gasteiger partial charge in [0.15, 0.2) is 5.82 Å². The third-order valence-corrected chi connectivity index (χ3v) is 8.86. The van der Waals surface area contributed by atoms with E-state index in [-0.39, 0.29) is 22.1 Å². The quantitative estimate of drug-likeness (QED) is 0.385. The number of ether oxygens (including phenoxy) is 1. The minimum Gasteiger partial charge on any atom is -0.462 e. The highest BCUT2D eigenvalue weighted by atomic mass is 35.5. The third kappa shape index (κ3) is 4.25. The zero-order valence-electron chi connectivity index (χ0n) is 22.1. The van der Waals surface area contributed by atoms with Gasteiger partial charge in [-0.3, -0.25) is 0 Å². The van der Waals surface area contributed by atoms with Crippen LogP contribution in [0.25, 0.3) is 33.1 Å². The van der Waals surface area contributed by atoms with Crippen LogP contribution < -0.4 is 20.7 Å². The Bertz CT molecular complexity index is 1580. The Morgan fingerprint density at radius 3 is 2.64 bits per heavy atom. The van der Waals surface area contributed by atoms with Crippen LogP contribution >= 0.6 is 11.6 Å². The van der Waals surface area contributed by atoms with Crippen molar-refractivity contribution in [1.82, 2.24) is 29.7 Å². The summed E-state index contributed by atoms with van der Waals surface area (Å²) >= 11 is 6.84. The molecule has 0 aliphatic carbocycles. The fourth-order valence-corrected chi connectivity index (χ4v) is 6.79. The molecular formula is C28H32ClFN8O. The average molecular weight is 551 g/mol. The molecule has 204 valence electrons. The van der Waals surface area contributed by atoms with Crippen LogP contribution in [0.2, 0.25) is 5.02 Å². The van der Waals surface area contributed by atoms with Crippen molar-refractivity contribution in [3.8, 4) is 17.1 Å². The lowest BCUT2D eigenvalue weighted by Crippen LogP contribution is -2.51. The van der Waals surface area contributed by atoms with Gasteiger partial charge < -0.3 is 30.2 Å². The molecule has 0 saturated carbocycles. The number of nitrogens with one attached hydrogen (secondary N) is 1. The van der Waals surface area contributed by atoms with Crippen molar-refractivity contribution in [1.29, 1.82) is 0 Å². The smallest absolute Gasteiger partial charge is 0.319 e. The summed E-state index contributed by atoms with van der Waals surface area (Å²) in [6.45, 7) is 3.09. The third-order valence-electron chi connectivity index (χ3n) is 8.56. The van der Waals surface area contributed by atoms with Gasteiger partial charge in [-0.15, -0.1) is 0 Å². The fraction of sp³-hybridized carbons (Fsp3) is 0.464. The molecule has 2 unspecified atom stereocenters. The highest BCUT2D eigenvalue weighted by Crippen LogP contribution is 2.42. The minimum absolute atomic E-state index is 0.191. The number of nitrogen functional groups attached to an aromatic ring is 1. The van der Waals surface area contributed by atoms with E-state index in [1.807, 2.05) is 23.9 Å². The van der Waals surface area contributed by atoms with E-state index >= 15 is 4.39 Å². The number of benzene rings is 1. The number of fused-ring (bicyclic) bond motifs is 4. The number of nitrogens with zero attached hydrogens (tertiary/aromatic N) is 6. The molecule has 0 spiro atoms. The standard InChI is InChI=1S/C28H32ClFN8O/c1-36-9-3-4-17(36)14-39-28-34-26-18(27(35-28)38-11-15-5-6-16(12-38)32-15)10-20(29)23(24(26)30)19-13-37(2)21-7-8-22(31)33-25(19)21/h7-8,10,13,15-17,32H,3-6,9,11-12,14H2,1-2H3,(H2,31,33)/t15?,16?,17-/m0/s1. The zero-order chi connectivity index (χ0) is 26.8. The molecule has 0 radical (unpaired) electrons.